The van der Waals surface area contributed by atoms with Crippen molar-refractivity contribution in [3.8, 4) is 0 Å². The van der Waals surface area contributed by atoms with Crippen molar-refractivity contribution >= 4 is 33.4 Å². The molecule has 4 atom stereocenters. The summed E-state index contributed by atoms with van der Waals surface area (Å²) in [5.74, 6) is -0.562. The first-order valence-corrected chi connectivity index (χ1v) is 11.0. The van der Waals surface area contributed by atoms with E-state index >= 15 is 0 Å². The quantitative estimate of drug-likeness (QED) is 0.486. The summed E-state index contributed by atoms with van der Waals surface area (Å²) in [5.41, 5.74) is 2.24. The molecule has 5 rings (SSSR count). The summed E-state index contributed by atoms with van der Waals surface area (Å²) in [6.07, 6.45) is 3.43. The Hall–Kier alpha value is -3.12. The topological polar surface area (TPSA) is 61.8 Å². The van der Waals surface area contributed by atoms with E-state index in [1.807, 2.05) is 49.4 Å². The molecule has 3 heterocycles. The SMILES string of the molecule is C=C1OC2CC3=C[C@@H](C/C(C)=C/[C@@H](OC(=O)c4cc5ccccc5s4)[C@@H]2C1=C)OC3=O. The summed E-state index contributed by atoms with van der Waals surface area (Å²) < 4.78 is 18.5. The van der Waals surface area contributed by atoms with Gasteiger partial charge < -0.3 is 14.2 Å². The Balaban J connectivity index is 1.49. The highest BCUT2D eigenvalue weighted by atomic mass is 32.1. The second-order valence-electron chi connectivity index (χ2n) is 8.21. The highest BCUT2D eigenvalue weighted by Gasteiger charge is 2.44. The zero-order chi connectivity index (χ0) is 21.7. The van der Waals surface area contributed by atoms with Gasteiger partial charge in [0.15, 0.2) is 0 Å². The first kappa shape index (κ1) is 19.8. The van der Waals surface area contributed by atoms with Gasteiger partial charge in [0, 0.05) is 23.1 Å². The van der Waals surface area contributed by atoms with Crippen molar-refractivity contribution in [2.75, 3.05) is 0 Å². The summed E-state index contributed by atoms with van der Waals surface area (Å²) in [5, 5.41) is 1.01. The average molecular weight is 435 g/mol. The fourth-order valence-corrected chi connectivity index (χ4v) is 5.42. The minimum atomic E-state index is -0.581. The fraction of sp³-hybridized carbons (Fsp3) is 0.280. The molecule has 158 valence electrons. The third-order valence-corrected chi connectivity index (χ3v) is 7.08. The second kappa shape index (κ2) is 7.54. The maximum atomic E-state index is 13.1. The Kier molecular flexibility index (Phi) is 4.82. The zero-order valence-corrected chi connectivity index (χ0v) is 17.9. The molecule has 2 aromatic rings. The first-order valence-electron chi connectivity index (χ1n) is 10.2. The van der Waals surface area contributed by atoms with Gasteiger partial charge in [0.2, 0.25) is 0 Å². The Bertz CT molecular complexity index is 1150. The van der Waals surface area contributed by atoms with E-state index in [1.54, 1.807) is 0 Å². The largest absolute Gasteiger partial charge is 0.490 e. The number of fused-ring (bicyclic) bond motifs is 3. The Morgan fingerprint density at radius 2 is 1.97 bits per heavy atom. The van der Waals surface area contributed by atoms with Crippen molar-refractivity contribution in [1.29, 1.82) is 0 Å². The lowest BCUT2D eigenvalue weighted by Crippen LogP contribution is -2.33. The standard InChI is InChI=1S/C25H22O5S/c1-13-8-18-10-17(24(26)29-18)11-20-23(14(2)15(3)28-20)19(9-13)30-25(27)22-12-16-6-4-5-7-21(16)31-22/h4-7,9-10,12,18-20,23H,2-3,8,11H2,1H3/b13-9+/t18-,19-,20?,23+/m1/s1. The van der Waals surface area contributed by atoms with Crippen LogP contribution in [0.1, 0.15) is 29.4 Å². The van der Waals surface area contributed by atoms with E-state index in [0.717, 1.165) is 15.7 Å². The van der Waals surface area contributed by atoms with Gasteiger partial charge in [0.05, 0.1) is 5.92 Å². The third kappa shape index (κ3) is 3.61. The maximum Gasteiger partial charge on any atom is 0.348 e. The molecule has 1 saturated heterocycles. The molecule has 6 heteroatoms. The molecule has 0 amide bonds. The lowest BCUT2D eigenvalue weighted by Gasteiger charge is -2.26. The monoisotopic (exact) mass is 434 g/mol. The summed E-state index contributed by atoms with van der Waals surface area (Å²) in [6.45, 7) is 10.0. The lowest BCUT2D eigenvalue weighted by molar-refractivity contribution is -0.139. The molecule has 31 heavy (non-hydrogen) atoms. The van der Waals surface area contributed by atoms with Gasteiger partial charge >= 0.3 is 11.9 Å². The van der Waals surface area contributed by atoms with Gasteiger partial charge in [-0.25, -0.2) is 9.59 Å². The van der Waals surface area contributed by atoms with Crippen molar-refractivity contribution in [1.82, 2.24) is 0 Å². The number of thiophene rings is 1. The van der Waals surface area contributed by atoms with Crippen molar-refractivity contribution < 1.29 is 23.8 Å². The van der Waals surface area contributed by atoms with Crippen LogP contribution in [0.2, 0.25) is 0 Å². The number of hydrogen-bond donors (Lipinski definition) is 0. The number of benzene rings is 1. The van der Waals surface area contributed by atoms with Gasteiger partial charge in [-0.05, 0) is 42.2 Å². The molecule has 1 aliphatic carbocycles. The number of carbonyl (C=O) groups is 2. The highest BCUT2D eigenvalue weighted by Crippen LogP contribution is 2.42. The molecular formula is C25H22O5S. The lowest BCUT2D eigenvalue weighted by atomic mass is 9.85. The Labute approximate surface area is 184 Å². The van der Waals surface area contributed by atoms with E-state index in [1.165, 1.54) is 11.3 Å². The van der Waals surface area contributed by atoms with E-state index in [9.17, 15) is 9.59 Å². The van der Waals surface area contributed by atoms with Crippen LogP contribution in [-0.2, 0) is 19.0 Å². The number of rotatable bonds is 2. The van der Waals surface area contributed by atoms with Crippen LogP contribution in [0.3, 0.4) is 0 Å². The molecule has 1 aromatic carbocycles. The van der Waals surface area contributed by atoms with Crippen LogP contribution in [0.15, 0.2) is 78.1 Å². The molecule has 0 saturated carbocycles. The molecule has 2 bridgehead atoms. The molecule has 1 unspecified atom stereocenters. The molecule has 0 N–H and O–H groups in total. The van der Waals surface area contributed by atoms with Crippen LogP contribution in [-0.4, -0.2) is 30.3 Å². The van der Waals surface area contributed by atoms with Crippen LogP contribution >= 0.6 is 11.3 Å². The van der Waals surface area contributed by atoms with Crippen LogP contribution < -0.4 is 0 Å². The van der Waals surface area contributed by atoms with Crippen LogP contribution in [0.4, 0.5) is 0 Å². The normalized spacial score (nSPS) is 29.5. The van der Waals surface area contributed by atoms with Gasteiger partial charge in [-0.2, -0.15) is 0 Å². The number of esters is 2. The molecule has 0 radical (unpaired) electrons. The minimum absolute atomic E-state index is 0.304. The number of allylic oxidation sites excluding steroid dienone is 1. The molecule has 0 spiro atoms. The first-order chi connectivity index (χ1) is 14.9. The van der Waals surface area contributed by atoms with Gasteiger partial charge in [0.1, 0.15) is 28.9 Å². The summed E-state index contributed by atoms with van der Waals surface area (Å²) in [6, 6.07) is 9.71. The predicted molar refractivity (Wildman–Crippen MR) is 119 cm³/mol. The summed E-state index contributed by atoms with van der Waals surface area (Å²) in [4.78, 5) is 25.9. The average Bonchev–Trinajstić information content (AvgIpc) is 3.37. The second-order valence-corrected chi connectivity index (χ2v) is 9.29. The number of hydrogen-bond acceptors (Lipinski definition) is 6. The molecule has 2 aliphatic heterocycles. The molecule has 5 nitrogen and oxygen atoms in total. The summed E-state index contributed by atoms with van der Waals surface area (Å²) >= 11 is 1.41. The van der Waals surface area contributed by atoms with E-state index in [4.69, 9.17) is 14.2 Å². The Morgan fingerprint density at radius 3 is 2.77 bits per heavy atom. The van der Waals surface area contributed by atoms with Gasteiger partial charge in [-0.3, -0.25) is 0 Å². The smallest absolute Gasteiger partial charge is 0.348 e. The van der Waals surface area contributed by atoms with E-state index in [2.05, 4.69) is 13.2 Å². The van der Waals surface area contributed by atoms with E-state index < -0.39 is 12.2 Å². The fourth-order valence-electron chi connectivity index (χ4n) is 4.47. The third-order valence-electron chi connectivity index (χ3n) is 5.98. The van der Waals surface area contributed by atoms with E-state index in [0.29, 0.717) is 34.6 Å². The molecule has 3 aliphatic rings. The van der Waals surface area contributed by atoms with Gasteiger partial charge in [0.25, 0.3) is 0 Å². The van der Waals surface area contributed by atoms with Crippen LogP contribution in [0.5, 0.6) is 0 Å². The van der Waals surface area contributed by atoms with Crippen molar-refractivity contribution in [3.63, 3.8) is 0 Å². The molecule has 1 fully saturated rings. The number of carbonyl (C=O) groups excluding carboxylic acids is 2. The minimum Gasteiger partial charge on any atom is -0.490 e. The zero-order valence-electron chi connectivity index (χ0n) is 17.1. The van der Waals surface area contributed by atoms with Crippen LogP contribution in [0.25, 0.3) is 10.1 Å². The summed E-state index contributed by atoms with van der Waals surface area (Å²) in [7, 11) is 0. The highest BCUT2D eigenvalue weighted by molar-refractivity contribution is 7.20. The van der Waals surface area contributed by atoms with Crippen molar-refractivity contribution in [2.45, 2.75) is 38.1 Å². The Morgan fingerprint density at radius 1 is 1.16 bits per heavy atom. The molecule has 1 aromatic heterocycles. The molecular weight excluding hydrogens is 412 g/mol. The van der Waals surface area contributed by atoms with E-state index in [-0.39, 0.29) is 24.0 Å². The maximum absolute atomic E-state index is 13.1. The predicted octanol–water partition coefficient (Wildman–Crippen LogP) is 5.10. The number of ether oxygens (including phenoxy) is 3. The van der Waals surface area contributed by atoms with Crippen molar-refractivity contribution in [3.05, 3.63) is 83.0 Å². The van der Waals surface area contributed by atoms with Crippen molar-refractivity contribution in [2.24, 2.45) is 5.92 Å². The van der Waals surface area contributed by atoms with Gasteiger partial charge in [-0.1, -0.05) is 36.9 Å². The van der Waals surface area contributed by atoms with Gasteiger partial charge in [-0.15, -0.1) is 11.3 Å². The van der Waals surface area contributed by atoms with Crippen LogP contribution in [0, 0.1) is 5.92 Å².